The van der Waals surface area contributed by atoms with Gasteiger partial charge in [-0.05, 0) is 24.6 Å². The molecule has 4 heteroatoms. The largest absolute Gasteiger partial charge is 0.758 e. The first kappa shape index (κ1) is 9.05. The van der Waals surface area contributed by atoms with Gasteiger partial charge >= 0.3 is 0 Å². The summed E-state index contributed by atoms with van der Waals surface area (Å²) in [6, 6.07) is -0.864. The minimum absolute atomic E-state index is 0.432. The molecule has 0 aliphatic carbocycles. The van der Waals surface area contributed by atoms with Gasteiger partial charge in [0.2, 0.25) is 0 Å². The van der Waals surface area contributed by atoms with Gasteiger partial charge in [0.1, 0.15) is 0 Å². The van der Waals surface area contributed by atoms with Crippen LogP contribution in [-0.4, -0.2) is 22.2 Å². The molecule has 0 N–H and O–H groups in total. The normalized spacial score (nSPS) is 30.1. The SMILES string of the molecule is [O-]N1C=CC=CC1C1C=CC=CN1[O-]. The smallest absolute Gasteiger partial charge is 0.0596 e. The fourth-order valence-electron chi connectivity index (χ4n) is 1.52. The highest BCUT2D eigenvalue weighted by Crippen LogP contribution is 2.18. The molecule has 0 aromatic carbocycles. The summed E-state index contributed by atoms with van der Waals surface area (Å²) in [5.74, 6) is 0. The molecule has 2 rings (SSSR count). The van der Waals surface area contributed by atoms with Crippen LogP contribution in [0.4, 0.5) is 0 Å². The summed E-state index contributed by atoms with van der Waals surface area (Å²) in [4.78, 5) is 0. The van der Waals surface area contributed by atoms with Crippen LogP contribution in [-0.2, 0) is 0 Å². The third kappa shape index (κ3) is 1.57. The van der Waals surface area contributed by atoms with Crippen LogP contribution in [0.1, 0.15) is 0 Å². The number of hydrogen-bond donors (Lipinski definition) is 0. The molecule has 2 aliphatic rings. The summed E-state index contributed by atoms with van der Waals surface area (Å²) in [5.41, 5.74) is 0. The number of allylic oxidation sites excluding steroid dienone is 4. The Bertz CT molecular complexity index is 288. The van der Waals surface area contributed by atoms with Gasteiger partial charge in [-0.15, -0.1) is 0 Å². The molecule has 14 heavy (non-hydrogen) atoms. The lowest BCUT2D eigenvalue weighted by Gasteiger charge is -2.47. The molecule has 0 aromatic heterocycles. The van der Waals surface area contributed by atoms with Crippen molar-refractivity contribution in [2.75, 3.05) is 0 Å². The zero-order valence-corrected chi connectivity index (χ0v) is 7.48. The second-order valence-electron chi connectivity index (χ2n) is 3.15. The van der Waals surface area contributed by atoms with E-state index in [2.05, 4.69) is 0 Å². The van der Waals surface area contributed by atoms with Gasteiger partial charge in [-0.1, -0.05) is 24.3 Å². The van der Waals surface area contributed by atoms with Crippen molar-refractivity contribution in [1.82, 2.24) is 10.1 Å². The van der Waals surface area contributed by atoms with Crippen molar-refractivity contribution in [3.63, 3.8) is 0 Å². The van der Waals surface area contributed by atoms with E-state index in [-0.39, 0.29) is 0 Å². The third-order valence-electron chi connectivity index (χ3n) is 2.24. The fourth-order valence-corrected chi connectivity index (χ4v) is 1.52. The number of hydrogen-bond acceptors (Lipinski definition) is 4. The quantitative estimate of drug-likeness (QED) is 0.628. The van der Waals surface area contributed by atoms with Crippen molar-refractivity contribution in [2.45, 2.75) is 12.1 Å². The Morgan fingerprint density at radius 3 is 1.50 bits per heavy atom. The van der Waals surface area contributed by atoms with E-state index in [0.29, 0.717) is 0 Å². The summed E-state index contributed by atoms with van der Waals surface area (Å²) in [6.07, 6.45) is 13.2. The van der Waals surface area contributed by atoms with E-state index < -0.39 is 12.1 Å². The lowest BCUT2D eigenvalue weighted by Crippen LogP contribution is -2.43. The van der Waals surface area contributed by atoms with Crippen molar-refractivity contribution in [2.24, 2.45) is 0 Å². The first-order chi connectivity index (χ1) is 6.79. The second kappa shape index (κ2) is 3.69. The van der Waals surface area contributed by atoms with Crippen LogP contribution in [0.25, 0.3) is 0 Å². The third-order valence-corrected chi connectivity index (χ3v) is 2.24. The number of rotatable bonds is 1. The highest BCUT2D eigenvalue weighted by Gasteiger charge is 2.19. The summed E-state index contributed by atoms with van der Waals surface area (Å²) >= 11 is 0. The molecule has 0 aromatic rings. The molecular weight excluding hydrogens is 180 g/mol. The maximum Gasteiger partial charge on any atom is 0.0596 e. The molecular formula is C10H10N2O2-2. The van der Waals surface area contributed by atoms with Gasteiger partial charge in [-0.2, -0.15) is 0 Å². The Labute approximate surface area is 82.3 Å². The first-order valence-electron chi connectivity index (χ1n) is 4.40. The first-order valence-corrected chi connectivity index (χ1v) is 4.40. The summed E-state index contributed by atoms with van der Waals surface area (Å²) in [5, 5.41) is 24.4. The van der Waals surface area contributed by atoms with Gasteiger partial charge in [-0.25, -0.2) is 0 Å². The molecule has 0 amide bonds. The van der Waals surface area contributed by atoms with Crippen LogP contribution in [0.2, 0.25) is 0 Å². The highest BCUT2D eigenvalue weighted by atomic mass is 16.5. The second-order valence-corrected chi connectivity index (χ2v) is 3.15. The lowest BCUT2D eigenvalue weighted by molar-refractivity contribution is 0.285. The predicted molar refractivity (Wildman–Crippen MR) is 54.5 cm³/mol. The monoisotopic (exact) mass is 190 g/mol. The van der Waals surface area contributed by atoms with Gasteiger partial charge in [0.25, 0.3) is 0 Å². The molecule has 0 spiro atoms. The van der Waals surface area contributed by atoms with Crippen molar-refractivity contribution in [3.05, 3.63) is 59.3 Å². The molecule has 0 bridgehead atoms. The van der Waals surface area contributed by atoms with E-state index in [0.717, 1.165) is 10.1 Å². The van der Waals surface area contributed by atoms with E-state index in [1.54, 1.807) is 36.5 Å². The van der Waals surface area contributed by atoms with Crippen molar-refractivity contribution in [1.29, 1.82) is 0 Å². The molecule has 2 heterocycles. The molecule has 2 unspecified atom stereocenters. The van der Waals surface area contributed by atoms with Gasteiger partial charge in [0.05, 0.1) is 12.1 Å². The Morgan fingerprint density at radius 1 is 0.714 bits per heavy atom. The lowest BCUT2D eigenvalue weighted by atomic mass is 10.0. The van der Waals surface area contributed by atoms with Crippen LogP contribution in [0.15, 0.2) is 48.9 Å². The van der Waals surface area contributed by atoms with Gasteiger partial charge < -0.3 is 20.5 Å². The summed E-state index contributed by atoms with van der Waals surface area (Å²) in [6.45, 7) is 0. The van der Waals surface area contributed by atoms with Crippen LogP contribution < -0.4 is 0 Å². The Morgan fingerprint density at radius 2 is 1.14 bits per heavy atom. The van der Waals surface area contributed by atoms with E-state index in [1.807, 2.05) is 0 Å². The number of hydroxylamine groups is 4. The average Bonchev–Trinajstić information content (AvgIpc) is 2.20. The zero-order chi connectivity index (χ0) is 9.97. The Hall–Kier alpha value is -1.52. The molecule has 0 radical (unpaired) electrons. The summed E-state index contributed by atoms with van der Waals surface area (Å²) in [7, 11) is 0. The van der Waals surface area contributed by atoms with Crippen molar-refractivity contribution >= 4 is 0 Å². The van der Waals surface area contributed by atoms with E-state index >= 15 is 0 Å². The topological polar surface area (TPSA) is 52.6 Å². The van der Waals surface area contributed by atoms with Crippen LogP contribution in [0.3, 0.4) is 0 Å². The van der Waals surface area contributed by atoms with Crippen molar-refractivity contribution in [3.8, 4) is 0 Å². The minimum atomic E-state index is -0.432. The maximum atomic E-state index is 11.4. The van der Waals surface area contributed by atoms with Crippen LogP contribution in [0, 0.1) is 10.4 Å². The van der Waals surface area contributed by atoms with Crippen LogP contribution in [0.5, 0.6) is 0 Å². The highest BCUT2D eigenvalue weighted by molar-refractivity contribution is 5.24. The van der Waals surface area contributed by atoms with Gasteiger partial charge in [-0.3, -0.25) is 0 Å². The van der Waals surface area contributed by atoms with E-state index in [1.165, 1.54) is 12.4 Å². The molecule has 0 saturated heterocycles. The maximum absolute atomic E-state index is 11.4. The van der Waals surface area contributed by atoms with Crippen molar-refractivity contribution < 1.29 is 0 Å². The predicted octanol–water partition coefficient (Wildman–Crippen LogP) is 1.49. The molecule has 2 atom stereocenters. The van der Waals surface area contributed by atoms with E-state index in [9.17, 15) is 10.4 Å². The molecule has 0 fully saturated rings. The number of nitrogens with zero attached hydrogens (tertiary/aromatic N) is 2. The zero-order valence-electron chi connectivity index (χ0n) is 7.48. The van der Waals surface area contributed by atoms with Crippen LogP contribution >= 0.6 is 0 Å². The fraction of sp³-hybridized carbons (Fsp3) is 0.200. The van der Waals surface area contributed by atoms with Gasteiger partial charge in [0, 0.05) is 0 Å². The summed E-state index contributed by atoms with van der Waals surface area (Å²) < 4.78 is 0. The Balaban J connectivity index is 2.15. The minimum Gasteiger partial charge on any atom is -0.758 e. The standard InChI is InChI=1S/C10H10N2O2/c13-11-7-3-1-5-9(11)10-6-2-4-8-12(10)14/h1-10H/q-2. The van der Waals surface area contributed by atoms with Gasteiger partial charge in [0.15, 0.2) is 0 Å². The molecule has 74 valence electrons. The van der Waals surface area contributed by atoms with E-state index in [4.69, 9.17) is 0 Å². The Kier molecular flexibility index (Phi) is 2.39. The molecule has 2 aliphatic heterocycles. The molecule has 0 saturated carbocycles. The average molecular weight is 190 g/mol. The molecule has 4 nitrogen and oxygen atoms in total.